The third-order valence-corrected chi connectivity index (χ3v) is 3.46. The smallest absolute Gasteiger partial charge is 0.282 e. The molecule has 0 aliphatic heterocycles. The Bertz CT molecular complexity index is 884. The van der Waals surface area contributed by atoms with Crippen LogP contribution in [0.15, 0.2) is 42.5 Å². The normalized spacial score (nSPS) is 9.96. The number of rotatable bonds is 4. The highest BCUT2D eigenvalue weighted by Gasteiger charge is 2.20. The predicted octanol–water partition coefficient (Wildman–Crippen LogP) is 2.94. The fraction of sp³-hybridized carbons (Fsp3) is 0.0667. The van der Waals surface area contributed by atoms with Gasteiger partial charge in [0.25, 0.3) is 17.3 Å². The van der Waals surface area contributed by atoms with Gasteiger partial charge in [-0.2, -0.15) is 0 Å². The molecule has 0 unspecified atom stereocenters. The summed E-state index contributed by atoms with van der Waals surface area (Å²) < 4.78 is 0. The van der Waals surface area contributed by atoms with Gasteiger partial charge in [0.2, 0.25) is 0 Å². The number of amides is 1. The lowest BCUT2D eigenvalue weighted by molar-refractivity contribution is -0.385. The first-order valence-electron chi connectivity index (χ1n) is 6.90. The number of anilines is 1. The standard InChI is InChI=1S/C15H12N4O5S/c1-9-6-7-10(18(21)22)8-12(9)16-15(25)17-14(20)11-4-2-3-5-13(11)19(23)24/h2-8H,1H3,(H2,16,17,20,25). The average molecular weight is 360 g/mol. The van der Waals surface area contributed by atoms with E-state index in [4.69, 9.17) is 12.2 Å². The van der Waals surface area contributed by atoms with E-state index in [2.05, 4.69) is 10.6 Å². The number of non-ortho nitro benzene ring substituents is 1. The lowest BCUT2D eigenvalue weighted by Gasteiger charge is -2.11. The van der Waals surface area contributed by atoms with Crippen LogP contribution in [-0.2, 0) is 0 Å². The van der Waals surface area contributed by atoms with Crippen molar-refractivity contribution >= 4 is 40.3 Å². The SMILES string of the molecule is Cc1ccc([N+](=O)[O-])cc1NC(=S)NC(=O)c1ccccc1[N+](=O)[O-]. The molecule has 2 N–H and O–H groups in total. The summed E-state index contributed by atoms with van der Waals surface area (Å²) in [6.07, 6.45) is 0. The number of nitro groups is 2. The van der Waals surface area contributed by atoms with E-state index in [1.807, 2.05) is 0 Å². The van der Waals surface area contributed by atoms with Gasteiger partial charge in [-0.25, -0.2) is 0 Å². The Morgan fingerprint density at radius 2 is 1.76 bits per heavy atom. The van der Waals surface area contributed by atoms with Crippen molar-refractivity contribution < 1.29 is 14.6 Å². The van der Waals surface area contributed by atoms with Gasteiger partial charge < -0.3 is 5.32 Å². The summed E-state index contributed by atoms with van der Waals surface area (Å²) in [5, 5.41) is 26.7. The summed E-state index contributed by atoms with van der Waals surface area (Å²) in [6.45, 7) is 1.71. The van der Waals surface area contributed by atoms with E-state index in [9.17, 15) is 25.0 Å². The van der Waals surface area contributed by atoms with Gasteiger partial charge in [-0.15, -0.1) is 0 Å². The number of hydrogen-bond donors (Lipinski definition) is 2. The molecular weight excluding hydrogens is 348 g/mol. The Labute approximate surface area is 147 Å². The number of para-hydroxylation sites is 1. The molecule has 0 fully saturated rings. The zero-order chi connectivity index (χ0) is 18.6. The van der Waals surface area contributed by atoms with Gasteiger partial charge in [0.15, 0.2) is 5.11 Å². The molecule has 25 heavy (non-hydrogen) atoms. The highest BCUT2D eigenvalue weighted by atomic mass is 32.1. The third-order valence-electron chi connectivity index (χ3n) is 3.25. The van der Waals surface area contributed by atoms with E-state index in [1.165, 1.54) is 42.5 Å². The van der Waals surface area contributed by atoms with E-state index in [-0.39, 0.29) is 22.1 Å². The minimum absolute atomic E-state index is 0.133. The van der Waals surface area contributed by atoms with Crippen LogP contribution < -0.4 is 10.6 Å². The fourth-order valence-corrected chi connectivity index (χ4v) is 2.21. The van der Waals surface area contributed by atoms with Crippen LogP contribution in [0.1, 0.15) is 15.9 Å². The first-order chi connectivity index (χ1) is 11.8. The van der Waals surface area contributed by atoms with Crippen LogP contribution in [0.4, 0.5) is 17.1 Å². The predicted molar refractivity (Wildman–Crippen MR) is 94.6 cm³/mol. The highest BCUT2D eigenvalue weighted by Crippen LogP contribution is 2.22. The zero-order valence-electron chi connectivity index (χ0n) is 12.9. The lowest BCUT2D eigenvalue weighted by Crippen LogP contribution is -2.34. The number of benzene rings is 2. The molecule has 0 aromatic heterocycles. The molecule has 0 atom stereocenters. The quantitative estimate of drug-likeness (QED) is 0.487. The summed E-state index contributed by atoms with van der Waals surface area (Å²) in [6, 6.07) is 9.59. The van der Waals surface area contributed by atoms with Crippen LogP contribution in [0, 0.1) is 27.2 Å². The number of thiocarbonyl (C=S) groups is 1. The lowest BCUT2D eigenvalue weighted by atomic mass is 10.1. The molecule has 0 saturated carbocycles. The van der Waals surface area contributed by atoms with Crippen molar-refractivity contribution in [2.24, 2.45) is 0 Å². The van der Waals surface area contributed by atoms with Crippen LogP contribution in [-0.4, -0.2) is 20.9 Å². The molecule has 1 amide bonds. The van der Waals surface area contributed by atoms with E-state index >= 15 is 0 Å². The van der Waals surface area contributed by atoms with Gasteiger partial charge >= 0.3 is 0 Å². The third kappa shape index (κ3) is 4.32. The van der Waals surface area contributed by atoms with Crippen LogP contribution in [0.5, 0.6) is 0 Å². The Kier molecular flexibility index (Phi) is 5.35. The van der Waals surface area contributed by atoms with Crippen molar-refractivity contribution in [1.82, 2.24) is 5.32 Å². The number of carbonyl (C=O) groups is 1. The molecule has 10 heteroatoms. The molecule has 0 saturated heterocycles. The number of nitrogens with one attached hydrogen (secondary N) is 2. The van der Waals surface area contributed by atoms with Gasteiger partial charge in [-0.05, 0) is 30.8 Å². The van der Waals surface area contributed by atoms with Gasteiger partial charge in [-0.3, -0.25) is 30.3 Å². The maximum atomic E-state index is 12.2. The first kappa shape index (κ1) is 17.9. The van der Waals surface area contributed by atoms with Crippen LogP contribution >= 0.6 is 12.2 Å². The largest absolute Gasteiger partial charge is 0.332 e. The second kappa shape index (κ2) is 7.45. The van der Waals surface area contributed by atoms with Gasteiger partial charge in [0, 0.05) is 23.9 Å². The minimum Gasteiger partial charge on any atom is -0.332 e. The summed E-state index contributed by atoms with van der Waals surface area (Å²) in [4.78, 5) is 32.7. The molecule has 2 aromatic rings. The fourth-order valence-electron chi connectivity index (χ4n) is 2.01. The van der Waals surface area contributed by atoms with Crippen molar-refractivity contribution in [3.8, 4) is 0 Å². The van der Waals surface area contributed by atoms with E-state index in [1.54, 1.807) is 6.92 Å². The molecule has 9 nitrogen and oxygen atoms in total. The van der Waals surface area contributed by atoms with E-state index in [0.29, 0.717) is 11.3 Å². The van der Waals surface area contributed by atoms with Crippen LogP contribution in [0.25, 0.3) is 0 Å². The molecular formula is C15H12N4O5S. The van der Waals surface area contributed by atoms with Crippen LogP contribution in [0.2, 0.25) is 0 Å². The van der Waals surface area contributed by atoms with Crippen molar-refractivity contribution in [3.05, 3.63) is 73.8 Å². The number of carbonyl (C=O) groups excluding carboxylic acids is 1. The molecule has 0 bridgehead atoms. The Morgan fingerprint density at radius 3 is 2.40 bits per heavy atom. The average Bonchev–Trinajstić information content (AvgIpc) is 2.56. The minimum atomic E-state index is -0.757. The number of nitrogens with zero attached hydrogens (tertiary/aromatic N) is 2. The Hall–Kier alpha value is -3.40. The summed E-state index contributed by atoms with van der Waals surface area (Å²) >= 11 is 5.01. The number of hydrogen-bond acceptors (Lipinski definition) is 6. The monoisotopic (exact) mass is 360 g/mol. The maximum Gasteiger partial charge on any atom is 0.282 e. The topological polar surface area (TPSA) is 127 Å². The van der Waals surface area contributed by atoms with E-state index in [0.717, 1.165) is 0 Å². The molecule has 0 heterocycles. The van der Waals surface area contributed by atoms with E-state index < -0.39 is 15.8 Å². The molecule has 128 valence electrons. The van der Waals surface area contributed by atoms with Crippen molar-refractivity contribution in [2.75, 3.05) is 5.32 Å². The molecule has 0 aliphatic rings. The first-order valence-corrected chi connectivity index (χ1v) is 7.31. The Morgan fingerprint density at radius 1 is 1.08 bits per heavy atom. The Balaban J connectivity index is 2.16. The highest BCUT2D eigenvalue weighted by molar-refractivity contribution is 7.80. The van der Waals surface area contributed by atoms with Crippen molar-refractivity contribution in [2.45, 2.75) is 6.92 Å². The number of aryl methyl sites for hydroxylation is 1. The molecule has 0 aliphatic carbocycles. The summed E-state index contributed by atoms with van der Waals surface area (Å²) in [5.41, 5.74) is 0.387. The second-order valence-electron chi connectivity index (χ2n) is 4.94. The summed E-state index contributed by atoms with van der Waals surface area (Å²) in [7, 11) is 0. The second-order valence-corrected chi connectivity index (χ2v) is 5.35. The molecule has 2 rings (SSSR count). The summed E-state index contributed by atoms with van der Waals surface area (Å²) in [5.74, 6) is -0.757. The van der Waals surface area contributed by atoms with Gasteiger partial charge in [-0.1, -0.05) is 18.2 Å². The van der Waals surface area contributed by atoms with Gasteiger partial charge in [0.05, 0.1) is 9.85 Å². The molecule has 2 aromatic carbocycles. The van der Waals surface area contributed by atoms with Crippen LogP contribution in [0.3, 0.4) is 0 Å². The molecule has 0 radical (unpaired) electrons. The molecule has 0 spiro atoms. The van der Waals surface area contributed by atoms with Crippen molar-refractivity contribution in [3.63, 3.8) is 0 Å². The number of nitro benzene ring substituents is 2. The maximum absolute atomic E-state index is 12.2. The van der Waals surface area contributed by atoms with Crippen molar-refractivity contribution in [1.29, 1.82) is 0 Å². The van der Waals surface area contributed by atoms with Gasteiger partial charge in [0.1, 0.15) is 5.56 Å². The zero-order valence-corrected chi connectivity index (χ0v) is 13.7.